The van der Waals surface area contributed by atoms with Gasteiger partial charge in [0.2, 0.25) is 0 Å². The fraction of sp³-hybridized carbons (Fsp3) is 0. The predicted octanol–water partition coefficient (Wildman–Crippen LogP) is 1.63. The number of carboxylic acids is 2. The SMILES string of the molecule is Cl.Cl.O=C(O)c1ccc(O)cc1C(=O)O. The Morgan fingerprint density at radius 3 is 1.80 bits per heavy atom. The number of benzene rings is 1. The molecule has 0 radical (unpaired) electrons. The standard InChI is InChI=1S/C8H6O5.2ClH/c9-4-1-2-5(7(10)11)6(3-4)8(12)13;;/h1-3,9H,(H,10,11)(H,12,13);2*1H. The molecule has 0 spiro atoms. The van der Waals surface area contributed by atoms with Gasteiger partial charge in [0.25, 0.3) is 0 Å². The minimum atomic E-state index is -1.38. The van der Waals surface area contributed by atoms with Gasteiger partial charge in [-0.2, -0.15) is 0 Å². The van der Waals surface area contributed by atoms with Gasteiger partial charge in [-0.25, -0.2) is 9.59 Å². The first kappa shape index (κ1) is 16.0. The summed E-state index contributed by atoms with van der Waals surface area (Å²) in [6, 6.07) is 3.06. The van der Waals surface area contributed by atoms with E-state index >= 15 is 0 Å². The molecule has 0 aliphatic carbocycles. The van der Waals surface area contributed by atoms with Gasteiger partial charge in [0.15, 0.2) is 0 Å². The predicted molar refractivity (Wildman–Crippen MR) is 56.5 cm³/mol. The van der Waals surface area contributed by atoms with E-state index < -0.39 is 17.5 Å². The number of hydrogen-bond acceptors (Lipinski definition) is 3. The molecule has 0 bridgehead atoms. The number of rotatable bonds is 2. The second-order valence-corrected chi connectivity index (χ2v) is 2.34. The molecular formula is C8H8Cl2O5. The molecule has 5 nitrogen and oxygen atoms in total. The minimum absolute atomic E-state index is 0. The van der Waals surface area contributed by atoms with Gasteiger partial charge in [0.05, 0.1) is 11.1 Å². The zero-order chi connectivity index (χ0) is 10.0. The number of phenols is 1. The second kappa shape index (κ2) is 6.10. The first-order valence-electron chi connectivity index (χ1n) is 3.32. The van der Waals surface area contributed by atoms with E-state index in [1.807, 2.05) is 0 Å². The Morgan fingerprint density at radius 1 is 0.933 bits per heavy atom. The fourth-order valence-corrected chi connectivity index (χ4v) is 0.896. The molecule has 0 saturated carbocycles. The van der Waals surface area contributed by atoms with Crippen LogP contribution in [-0.2, 0) is 0 Å². The van der Waals surface area contributed by atoms with Gasteiger partial charge >= 0.3 is 11.9 Å². The van der Waals surface area contributed by atoms with Crippen LogP contribution in [-0.4, -0.2) is 27.3 Å². The quantitative estimate of drug-likeness (QED) is 0.746. The van der Waals surface area contributed by atoms with Crippen LogP contribution in [0.25, 0.3) is 0 Å². The lowest BCUT2D eigenvalue weighted by Gasteiger charge is -2.00. The molecule has 1 rings (SSSR count). The molecule has 0 unspecified atom stereocenters. The summed E-state index contributed by atoms with van der Waals surface area (Å²) in [6.45, 7) is 0. The van der Waals surface area contributed by atoms with Crippen molar-refractivity contribution in [2.75, 3.05) is 0 Å². The molecule has 0 aromatic heterocycles. The van der Waals surface area contributed by atoms with Crippen LogP contribution >= 0.6 is 24.8 Å². The van der Waals surface area contributed by atoms with Crippen LogP contribution in [0.15, 0.2) is 18.2 Å². The monoisotopic (exact) mass is 254 g/mol. The minimum Gasteiger partial charge on any atom is -0.508 e. The van der Waals surface area contributed by atoms with E-state index in [9.17, 15) is 9.59 Å². The average Bonchev–Trinajstić information content (AvgIpc) is 2.03. The summed E-state index contributed by atoms with van der Waals surface area (Å²) in [6.07, 6.45) is 0. The molecule has 0 saturated heterocycles. The summed E-state index contributed by atoms with van der Waals surface area (Å²) in [5.74, 6) is -2.99. The number of hydrogen-bond donors (Lipinski definition) is 3. The highest BCUT2D eigenvalue weighted by Gasteiger charge is 2.15. The highest BCUT2D eigenvalue weighted by molar-refractivity contribution is 6.01. The van der Waals surface area contributed by atoms with E-state index in [1.54, 1.807) is 0 Å². The van der Waals surface area contributed by atoms with Crippen molar-refractivity contribution in [1.82, 2.24) is 0 Å². The van der Waals surface area contributed by atoms with Crippen molar-refractivity contribution in [2.24, 2.45) is 0 Å². The molecule has 1 aromatic carbocycles. The average molecular weight is 255 g/mol. The van der Waals surface area contributed by atoms with E-state index in [0.717, 1.165) is 18.2 Å². The molecule has 0 fully saturated rings. The Bertz CT molecular complexity index is 377. The highest BCUT2D eigenvalue weighted by atomic mass is 35.5. The summed E-state index contributed by atoms with van der Waals surface area (Å²) in [4.78, 5) is 21.0. The summed E-state index contributed by atoms with van der Waals surface area (Å²) in [5.41, 5.74) is -0.766. The third-order valence-electron chi connectivity index (χ3n) is 1.46. The van der Waals surface area contributed by atoms with Crippen LogP contribution in [0.5, 0.6) is 5.75 Å². The Kier molecular flexibility index (Phi) is 6.51. The van der Waals surface area contributed by atoms with E-state index in [0.29, 0.717) is 0 Å². The van der Waals surface area contributed by atoms with Crippen molar-refractivity contribution >= 4 is 36.8 Å². The molecular weight excluding hydrogens is 247 g/mol. The van der Waals surface area contributed by atoms with Gasteiger partial charge < -0.3 is 15.3 Å². The number of phenolic OH excluding ortho intramolecular Hbond substituents is 1. The van der Waals surface area contributed by atoms with Gasteiger partial charge in [-0.05, 0) is 18.2 Å². The van der Waals surface area contributed by atoms with Crippen molar-refractivity contribution < 1.29 is 24.9 Å². The van der Waals surface area contributed by atoms with E-state index in [4.69, 9.17) is 15.3 Å². The van der Waals surface area contributed by atoms with Crippen LogP contribution in [0.4, 0.5) is 0 Å². The van der Waals surface area contributed by atoms with Crippen molar-refractivity contribution in [2.45, 2.75) is 0 Å². The van der Waals surface area contributed by atoms with Crippen LogP contribution in [0.2, 0.25) is 0 Å². The lowest BCUT2D eigenvalue weighted by Crippen LogP contribution is -2.07. The first-order valence-corrected chi connectivity index (χ1v) is 3.32. The van der Waals surface area contributed by atoms with Gasteiger partial charge in [0, 0.05) is 0 Å². The zero-order valence-corrected chi connectivity index (χ0v) is 8.84. The Labute approximate surface area is 97.2 Å². The maximum absolute atomic E-state index is 10.5. The maximum atomic E-state index is 10.5. The molecule has 15 heavy (non-hydrogen) atoms. The van der Waals surface area contributed by atoms with Crippen LogP contribution in [0.1, 0.15) is 20.7 Å². The molecule has 1 aromatic rings. The number of carboxylic acid groups (broad SMARTS) is 2. The van der Waals surface area contributed by atoms with E-state index in [-0.39, 0.29) is 36.1 Å². The fourth-order valence-electron chi connectivity index (χ4n) is 0.896. The summed E-state index contributed by atoms with van der Waals surface area (Å²) >= 11 is 0. The zero-order valence-electron chi connectivity index (χ0n) is 7.21. The molecule has 0 aliphatic rings. The number of halogens is 2. The lowest BCUT2D eigenvalue weighted by atomic mass is 10.1. The third-order valence-corrected chi connectivity index (χ3v) is 1.46. The smallest absolute Gasteiger partial charge is 0.336 e. The maximum Gasteiger partial charge on any atom is 0.336 e. The van der Waals surface area contributed by atoms with Crippen LogP contribution < -0.4 is 0 Å². The molecule has 7 heteroatoms. The number of aromatic carboxylic acids is 2. The third kappa shape index (κ3) is 3.65. The topological polar surface area (TPSA) is 94.8 Å². The van der Waals surface area contributed by atoms with Crippen molar-refractivity contribution in [3.8, 4) is 5.75 Å². The van der Waals surface area contributed by atoms with Crippen molar-refractivity contribution in [3.63, 3.8) is 0 Å². The Hall–Kier alpha value is -1.46. The van der Waals surface area contributed by atoms with Crippen molar-refractivity contribution in [3.05, 3.63) is 29.3 Å². The van der Waals surface area contributed by atoms with Gasteiger partial charge in [-0.1, -0.05) is 0 Å². The molecule has 0 atom stereocenters. The summed E-state index contributed by atoms with van der Waals surface area (Å²) in [5, 5.41) is 26.0. The number of carbonyl (C=O) groups is 2. The van der Waals surface area contributed by atoms with E-state index in [1.165, 1.54) is 0 Å². The molecule has 0 heterocycles. The van der Waals surface area contributed by atoms with Crippen LogP contribution in [0.3, 0.4) is 0 Å². The molecule has 84 valence electrons. The lowest BCUT2D eigenvalue weighted by molar-refractivity contribution is 0.0651. The van der Waals surface area contributed by atoms with Gasteiger partial charge in [0.1, 0.15) is 5.75 Å². The molecule has 3 N–H and O–H groups in total. The van der Waals surface area contributed by atoms with Gasteiger partial charge in [-0.3, -0.25) is 0 Å². The van der Waals surface area contributed by atoms with Crippen LogP contribution in [0, 0.1) is 0 Å². The van der Waals surface area contributed by atoms with E-state index in [2.05, 4.69) is 0 Å². The largest absolute Gasteiger partial charge is 0.508 e. The van der Waals surface area contributed by atoms with Crippen molar-refractivity contribution in [1.29, 1.82) is 0 Å². The first-order chi connectivity index (χ1) is 6.02. The summed E-state index contributed by atoms with van der Waals surface area (Å²) in [7, 11) is 0. The summed E-state index contributed by atoms with van der Waals surface area (Å²) < 4.78 is 0. The normalized spacial score (nSPS) is 8.27. The van der Waals surface area contributed by atoms with Gasteiger partial charge in [-0.15, -0.1) is 24.8 Å². The highest BCUT2D eigenvalue weighted by Crippen LogP contribution is 2.16. The molecule has 0 amide bonds. The number of aromatic hydroxyl groups is 1. The Morgan fingerprint density at radius 2 is 1.40 bits per heavy atom. The second-order valence-electron chi connectivity index (χ2n) is 2.34. The Balaban J connectivity index is 0. The molecule has 0 aliphatic heterocycles.